The second-order valence-corrected chi connectivity index (χ2v) is 17.0. The minimum atomic E-state index is -1.39. The summed E-state index contributed by atoms with van der Waals surface area (Å²) in [5, 5.41) is 0. The second-order valence-electron chi connectivity index (χ2n) is 1.95. The molecule has 0 heterocycles. The molecule has 0 spiro atoms. The summed E-state index contributed by atoms with van der Waals surface area (Å²) in [6.45, 7) is 0. The van der Waals surface area contributed by atoms with Crippen LogP contribution >= 0.6 is 20.0 Å². The zero-order valence-corrected chi connectivity index (χ0v) is 11.5. The van der Waals surface area contributed by atoms with Gasteiger partial charge in [0.1, 0.15) is 0 Å². The maximum absolute atomic E-state index is 5.21. The maximum atomic E-state index is 5.21. The summed E-state index contributed by atoms with van der Waals surface area (Å²) in [5.74, 6) is 8.86. The Bertz CT molecular complexity index is 27.5. The molecule has 0 nitrogen and oxygen atoms in total. The standard InChI is InChI=1S/C3H9Ge.CH3Cl2Ge/c2*1-4(2)3/h1-3H3;1H3. The van der Waals surface area contributed by atoms with Crippen molar-refractivity contribution in [3.05, 3.63) is 0 Å². The van der Waals surface area contributed by atoms with Crippen LogP contribution in [0.4, 0.5) is 0 Å². The van der Waals surface area contributed by atoms with E-state index in [1.165, 1.54) is 0 Å². The van der Waals surface area contributed by atoms with Crippen molar-refractivity contribution in [2.24, 2.45) is 0 Å². The molecule has 0 fully saturated rings. The predicted octanol–water partition coefficient (Wildman–Crippen LogP) is 2.95. The van der Waals surface area contributed by atoms with E-state index in [-0.39, 0.29) is 14.3 Å². The van der Waals surface area contributed by atoms with Crippen molar-refractivity contribution in [1.29, 1.82) is 0 Å². The molecule has 0 saturated heterocycles. The van der Waals surface area contributed by atoms with Crippen LogP contribution in [-0.2, 0) is 0 Å². The molecule has 0 aromatic heterocycles. The Hall–Kier alpha value is 1.67. The molecule has 0 aliphatic carbocycles. The van der Waals surface area contributed by atoms with Gasteiger partial charge in [-0.1, -0.05) is 0 Å². The first kappa shape index (κ1) is 12.4. The van der Waals surface area contributed by atoms with Crippen molar-refractivity contribution < 1.29 is 0 Å². The summed E-state index contributed by atoms with van der Waals surface area (Å²) < 4.78 is 0. The number of hydrogen-bond acceptors (Lipinski definition) is 0. The van der Waals surface area contributed by atoms with Gasteiger partial charge >= 0.3 is 69.9 Å². The first-order valence-corrected chi connectivity index (χ1v) is 16.3. The summed E-state index contributed by atoms with van der Waals surface area (Å²) in [6, 6.07) is 0. The van der Waals surface area contributed by atoms with E-state index in [4.69, 9.17) is 20.0 Å². The molecule has 0 saturated carbocycles. The van der Waals surface area contributed by atoms with Crippen molar-refractivity contribution in [3.63, 3.8) is 0 Å². The van der Waals surface area contributed by atoms with Crippen LogP contribution in [0.2, 0.25) is 23.0 Å². The third-order valence-corrected chi connectivity index (χ3v) is 0. The fourth-order valence-corrected chi connectivity index (χ4v) is 0. The number of halogens is 2. The van der Waals surface area contributed by atoms with E-state index in [1.54, 1.807) is 0 Å². The topological polar surface area (TPSA) is 0 Å². The van der Waals surface area contributed by atoms with Crippen LogP contribution in [-0.4, -0.2) is 26.8 Å². The summed E-state index contributed by atoms with van der Waals surface area (Å²) in [6.07, 6.45) is 0. The molecule has 50 valence electrons. The van der Waals surface area contributed by atoms with Gasteiger partial charge in [-0.25, -0.2) is 0 Å². The van der Waals surface area contributed by atoms with Crippen molar-refractivity contribution >= 4 is 46.9 Å². The van der Waals surface area contributed by atoms with Gasteiger partial charge in [-0.05, 0) is 0 Å². The third-order valence-electron chi connectivity index (χ3n) is 0. The Morgan fingerprint density at radius 1 is 0.875 bits per heavy atom. The molecule has 0 atom stereocenters. The van der Waals surface area contributed by atoms with Crippen molar-refractivity contribution in [2.45, 2.75) is 23.0 Å². The van der Waals surface area contributed by atoms with Gasteiger partial charge in [0.25, 0.3) is 0 Å². The molecule has 8 heavy (non-hydrogen) atoms. The number of rotatable bonds is 0. The summed E-state index contributed by atoms with van der Waals surface area (Å²) in [5.41, 5.74) is 0. The van der Waals surface area contributed by atoms with Gasteiger partial charge in [-0.3, -0.25) is 0 Å². The molecule has 0 N–H and O–H groups in total. The molecule has 2 radical (unpaired) electrons. The molecule has 0 unspecified atom stereocenters. The Morgan fingerprint density at radius 2 is 0.875 bits per heavy atom. The average Bonchev–Trinajstić information content (AvgIpc) is 1.25. The van der Waals surface area contributed by atoms with Crippen LogP contribution in [0.15, 0.2) is 0 Å². The summed E-state index contributed by atoms with van der Waals surface area (Å²) in [4.78, 5) is 0. The first-order chi connectivity index (χ1) is 3.46. The van der Waals surface area contributed by atoms with Gasteiger partial charge in [-0.15, -0.1) is 0 Å². The van der Waals surface area contributed by atoms with E-state index < -0.39 is 12.5 Å². The van der Waals surface area contributed by atoms with Gasteiger partial charge in [0.2, 0.25) is 0 Å². The van der Waals surface area contributed by atoms with Crippen molar-refractivity contribution in [2.75, 3.05) is 0 Å². The van der Waals surface area contributed by atoms with Crippen LogP contribution in [0.3, 0.4) is 0 Å². The Kier molecular flexibility index (Phi) is 13.4. The molecule has 4 heteroatoms. The monoisotopic (exact) mass is 278 g/mol. The SMILES string of the molecule is [CH3][Ge]([CH3])[CH3].[CH3][Ge]([Cl])[Cl]. The van der Waals surface area contributed by atoms with E-state index in [2.05, 4.69) is 17.3 Å². The fourth-order valence-electron chi connectivity index (χ4n) is 0. The first-order valence-electron chi connectivity index (χ1n) is 2.38. The molecule has 0 aliphatic heterocycles. The van der Waals surface area contributed by atoms with E-state index >= 15 is 0 Å². The Labute approximate surface area is 69.5 Å². The van der Waals surface area contributed by atoms with E-state index in [0.717, 1.165) is 0 Å². The molecular weight excluding hydrogens is 264 g/mol. The number of hydrogen-bond donors (Lipinski definition) is 0. The van der Waals surface area contributed by atoms with Gasteiger partial charge < -0.3 is 0 Å². The zero-order valence-electron chi connectivity index (χ0n) is 5.76. The molecular formula is C4H12Cl2Ge2. The Morgan fingerprint density at radius 3 is 0.875 bits per heavy atom. The van der Waals surface area contributed by atoms with Gasteiger partial charge in [0.05, 0.1) is 0 Å². The summed E-state index contributed by atoms with van der Waals surface area (Å²) >= 11 is -1.72. The van der Waals surface area contributed by atoms with E-state index in [1.807, 2.05) is 5.76 Å². The quantitative estimate of drug-likeness (QED) is 0.597. The van der Waals surface area contributed by atoms with Crippen molar-refractivity contribution in [1.82, 2.24) is 0 Å². The Balaban J connectivity index is 0. The van der Waals surface area contributed by atoms with Crippen LogP contribution < -0.4 is 0 Å². The molecule has 0 aliphatic rings. The van der Waals surface area contributed by atoms with E-state index in [9.17, 15) is 0 Å². The van der Waals surface area contributed by atoms with Crippen molar-refractivity contribution in [3.8, 4) is 0 Å². The van der Waals surface area contributed by atoms with E-state index in [0.29, 0.717) is 0 Å². The minimum absolute atomic E-state index is 0.333. The van der Waals surface area contributed by atoms with Crippen LogP contribution in [0.25, 0.3) is 0 Å². The van der Waals surface area contributed by atoms with Gasteiger partial charge in [0.15, 0.2) is 0 Å². The molecule has 0 aromatic rings. The second kappa shape index (κ2) is 8.67. The fraction of sp³-hybridized carbons (Fsp3) is 1.00. The predicted molar refractivity (Wildman–Crippen MR) is 46.7 cm³/mol. The van der Waals surface area contributed by atoms with Gasteiger partial charge in [0, 0.05) is 0 Å². The van der Waals surface area contributed by atoms with Crippen LogP contribution in [0.5, 0.6) is 0 Å². The summed E-state index contributed by atoms with van der Waals surface area (Å²) in [7, 11) is 10.4. The zero-order chi connectivity index (χ0) is 7.15. The normalized spacial score (nSPS) is 9.00. The van der Waals surface area contributed by atoms with Crippen LogP contribution in [0.1, 0.15) is 0 Å². The molecule has 0 amide bonds. The van der Waals surface area contributed by atoms with Crippen LogP contribution in [0, 0.1) is 0 Å². The average molecular weight is 276 g/mol. The van der Waals surface area contributed by atoms with Gasteiger partial charge in [-0.2, -0.15) is 0 Å². The third kappa shape index (κ3) is 123. The molecule has 0 bridgehead atoms. The molecule has 0 rings (SSSR count). The molecule has 0 aromatic carbocycles.